The fraction of sp³-hybridized carbons (Fsp3) is 0.269. The zero-order valence-electron chi connectivity index (χ0n) is 24.6. The minimum Gasteiger partial charge on any atom is -1.00 e. The van der Waals surface area contributed by atoms with Gasteiger partial charge in [0.1, 0.15) is 6.61 Å². The molecular weight excluding hydrogens is 653 g/mol. The molecule has 10 nitrogen and oxygen atoms in total. The first-order valence-electron chi connectivity index (χ1n) is 11.1. The van der Waals surface area contributed by atoms with Crippen LogP contribution < -0.4 is 122 Å². The molecule has 1 N–H and O–H groups in total. The molecule has 0 unspecified atom stereocenters. The number of alkyl halides is 2. The van der Waals surface area contributed by atoms with Gasteiger partial charge in [-0.2, -0.15) is 8.42 Å². The predicted octanol–water partition coefficient (Wildman–Crippen LogP) is -1.79. The molecule has 0 aliphatic rings. The number of carbonyl (C=O) groups is 1. The number of rotatable bonds is 10. The van der Waals surface area contributed by atoms with Crippen LogP contribution in [0.15, 0.2) is 77.7 Å². The van der Waals surface area contributed by atoms with E-state index in [9.17, 15) is 8.42 Å². The van der Waals surface area contributed by atoms with E-state index in [1.54, 1.807) is 43.5 Å². The number of para-hydroxylation sites is 4. The molecule has 0 aromatic heterocycles. The van der Waals surface area contributed by atoms with E-state index in [1.165, 1.54) is 19.2 Å². The molecule has 0 atom stereocenters. The van der Waals surface area contributed by atoms with Crippen LogP contribution in [0.3, 0.4) is 0 Å². The first kappa shape index (κ1) is 45.5. The summed E-state index contributed by atoms with van der Waals surface area (Å²) in [4.78, 5) is 11.4. The van der Waals surface area contributed by atoms with Gasteiger partial charge in [0.2, 0.25) is 0 Å². The number of ether oxygens (including phenoxy) is 3. The van der Waals surface area contributed by atoms with Gasteiger partial charge in [-0.3, -0.25) is 8.98 Å². The Balaban J connectivity index is -0.000000238. The van der Waals surface area contributed by atoms with E-state index in [1.807, 2.05) is 31.2 Å². The van der Waals surface area contributed by atoms with Gasteiger partial charge in [-0.25, -0.2) is 0 Å². The average Bonchev–Trinajstić information content (AvgIpc) is 2.96. The van der Waals surface area contributed by atoms with E-state index in [0.29, 0.717) is 18.2 Å². The van der Waals surface area contributed by atoms with E-state index < -0.39 is 10.1 Å². The molecule has 0 heterocycles. The van der Waals surface area contributed by atoms with Crippen molar-refractivity contribution >= 4 is 39.8 Å². The van der Waals surface area contributed by atoms with Gasteiger partial charge >= 0.3 is 103 Å². The van der Waals surface area contributed by atoms with Crippen LogP contribution in [0.1, 0.15) is 6.99 Å². The maximum atomic E-state index is 11.4. The Labute approximate surface area is 338 Å². The van der Waals surface area contributed by atoms with E-state index in [-0.39, 0.29) is 134 Å². The normalized spacial score (nSPS) is 9.22. The Morgan fingerprint density at radius 3 is 1.71 bits per heavy atom. The summed E-state index contributed by atoms with van der Waals surface area (Å²) in [6, 6.07) is 20.8. The molecule has 0 spiro atoms. The van der Waals surface area contributed by atoms with Crippen LogP contribution in [0.4, 0.5) is 0 Å². The summed E-state index contributed by atoms with van der Waals surface area (Å²) < 4.78 is 42.7. The van der Waals surface area contributed by atoms with Crippen LogP contribution in [0.2, 0.25) is 0 Å². The second kappa shape index (κ2) is 28.8. The molecule has 218 valence electrons. The largest absolute Gasteiger partial charge is 1.00 e. The zero-order chi connectivity index (χ0) is 29.5. The topological polar surface area (TPSA) is 141 Å². The standard InChI is InChI=1S/C9H11ClO3S.C9H11ClO2.C7H8O2.CH2O3.2K.H/c1-8-2-4-9(5-3-8)14(11,12)13-7-6-10;1-11-8-4-2-3-5-9(8)12-7-6-10;1-9-7-5-3-2-4-6(7)8;2-1-4-3;;;/h2-5H,6-7H2,1H3;2-5H,6-7H2,1H3;2-5,8H,1H3;1,3H;;;/q;;;;2*+1;-1/p-1. The second-order valence-electron chi connectivity index (χ2n) is 6.83. The number of carbonyl (C=O) groups excluding carboxylic acids is 1. The van der Waals surface area contributed by atoms with Gasteiger partial charge in [0, 0.05) is 5.88 Å². The van der Waals surface area contributed by atoms with Crippen molar-refractivity contribution in [1.29, 1.82) is 0 Å². The van der Waals surface area contributed by atoms with Gasteiger partial charge in [-0.1, -0.05) is 42.0 Å². The monoisotopic (exact) mass is 684 g/mol. The van der Waals surface area contributed by atoms with Crippen LogP contribution in [-0.2, 0) is 24.0 Å². The fourth-order valence-corrected chi connectivity index (χ4v) is 3.58. The first-order chi connectivity index (χ1) is 18.7. The van der Waals surface area contributed by atoms with Crippen LogP contribution in [0.25, 0.3) is 0 Å². The van der Waals surface area contributed by atoms with Crippen LogP contribution in [-0.4, -0.2) is 59.2 Å². The number of benzene rings is 3. The van der Waals surface area contributed by atoms with Crippen molar-refractivity contribution < 1.29 is 151 Å². The van der Waals surface area contributed by atoms with E-state index in [4.69, 9.17) is 52.6 Å². The van der Waals surface area contributed by atoms with Gasteiger partial charge < -0.3 is 30.9 Å². The zero-order valence-corrected chi connectivity index (χ0v) is 32.2. The number of aryl methyl sites for hydroxylation is 1. The van der Waals surface area contributed by atoms with Gasteiger partial charge in [-0.15, -0.1) is 23.2 Å². The van der Waals surface area contributed by atoms with Gasteiger partial charge in [0.05, 0.1) is 31.6 Å². The molecule has 0 amide bonds. The number of methoxy groups -OCH3 is 2. The maximum absolute atomic E-state index is 11.4. The van der Waals surface area contributed by atoms with Crippen LogP contribution in [0, 0.1) is 6.92 Å². The van der Waals surface area contributed by atoms with Crippen molar-refractivity contribution in [3.8, 4) is 23.0 Å². The summed E-state index contributed by atoms with van der Waals surface area (Å²) in [5.41, 5.74) is 1.00. The Hall–Kier alpha value is 0.0527. The van der Waals surface area contributed by atoms with Crippen molar-refractivity contribution in [3.05, 3.63) is 78.4 Å². The van der Waals surface area contributed by atoms with Gasteiger partial charge in [0.25, 0.3) is 16.6 Å². The molecule has 0 saturated heterocycles. The van der Waals surface area contributed by atoms with Crippen molar-refractivity contribution in [2.45, 2.75) is 11.8 Å². The molecule has 3 aromatic rings. The molecule has 3 rings (SSSR count). The van der Waals surface area contributed by atoms with Crippen molar-refractivity contribution in [3.63, 3.8) is 0 Å². The molecular formula is C26H32Cl2K2O10S. The molecule has 0 saturated carbocycles. The molecule has 0 fully saturated rings. The summed E-state index contributed by atoms with van der Waals surface area (Å²) in [5, 5.41) is 17.4. The number of aromatic hydroxyl groups is 1. The second-order valence-corrected chi connectivity index (χ2v) is 9.20. The summed E-state index contributed by atoms with van der Waals surface area (Å²) in [5.74, 6) is 2.81. The number of phenolic OH excluding ortho intramolecular Hbond substituents is 1. The molecule has 41 heavy (non-hydrogen) atoms. The van der Waals surface area contributed by atoms with Gasteiger partial charge in [0.15, 0.2) is 23.0 Å². The fourth-order valence-electron chi connectivity index (χ4n) is 2.43. The summed E-state index contributed by atoms with van der Waals surface area (Å²) in [6.07, 6.45) is 0. The maximum Gasteiger partial charge on any atom is 1.00 e. The number of hydrogen-bond acceptors (Lipinski definition) is 10. The summed E-state index contributed by atoms with van der Waals surface area (Å²) >= 11 is 10.8. The number of hydrogen-bond donors (Lipinski definition) is 1. The Kier molecular flexibility index (Phi) is 32.0. The molecule has 0 radical (unpaired) electrons. The minimum atomic E-state index is -3.62. The van der Waals surface area contributed by atoms with E-state index in [2.05, 4.69) is 9.07 Å². The molecule has 0 aliphatic heterocycles. The molecule has 15 heteroatoms. The van der Waals surface area contributed by atoms with E-state index >= 15 is 0 Å². The Morgan fingerprint density at radius 1 is 0.829 bits per heavy atom. The Morgan fingerprint density at radius 2 is 1.29 bits per heavy atom. The summed E-state index contributed by atoms with van der Waals surface area (Å²) in [6.45, 7) is 2.20. The number of halogens is 2. The molecule has 3 aromatic carbocycles. The third-order valence-corrected chi connectivity index (χ3v) is 5.79. The molecule has 0 aliphatic carbocycles. The van der Waals surface area contributed by atoms with Crippen LogP contribution in [0.5, 0.6) is 23.0 Å². The number of phenols is 1. The van der Waals surface area contributed by atoms with Crippen molar-refractivity contribution in [2.24, 2.45) is 0 Å². The van der Waals surface area contributed by atoms with Gasteiger partial charge in [-0.05, 0) is 43.3 Å². The molecule has 0 bridgehead atoms. The average molecular weight is 686 g/mol. The third-order valence-electron chi connectivity index (χ3n) is 4.15. The van der Waals surface area contributed by atoms with Crippen LogP contribution >= 0.6 is 23.2 Å². The first-order valence-corrected chi connectivity index (χ1v) is 13.6. The SMILES string of the molecule is COc1ccccc1O.COc1ccccc1OCCCl.Cc1ccc(S(=O)(=O)OCCCl)cc1.O=CO[O-].[H-].[K+].[K+]. The predicted molar refractivity (Wildman–Crippen MR) is 147 cm³/mol. The van der Waals surface area contributed by atoms with Crippen molar-refractivity contribution in [1.82, 2.24) is 0 Å². The minimum absolute atomic E-state index is 0. The van der Waals surface area contributed by atoms with E-state index in [0.717, 1.165) is 17.1 Å². The quantitative estimate of drug-likeness (QED) is 0.0650. The van der Waals surface area contributed by atoms with Crippen molar-refractivity contribution in [2.75, 3.05) is 39.2 Å². The smallest absolute Gasteiger partial charge is 1.00 e. The third kappa shape index (κ3) is 21.4. The Bertz CT molecular complexity index is 1180. The summed E-state index contributed by atoms with van der Waals surface area (Å²) in [7, 11) is -0.487.